The van der Waals surface area contributed by atoms with Gasteiger partial charge in [-0.25, -0.2) is 0 Å². The number of thiophene rings is 1. The lowest BCUT2D eigenvalue weighted by molar-refractivity contribution is 1.65. The van der Waals surface area contributed by atoms with Gasteiger partial charge in [0.2, 0.25) is 0 Å². The first-order valence-corrected chi connectivity index (χ1v) is 17.7. The SMILES string of the molecule is c1ccc2c(c1)-c1cccc3c(-c4ccc(-c5ccc(-c6ccc(-c7ccc8c9c(cccc79)-c7ccccc7-8)cc6)s5)cc4)ccc-2c13. The molecule has 226 valence electrons. The molecule has 9 aromatic rings. The number of rotatable bonds is 4. The maximum Gasteiger partial charge on any atom is 0.0349 e. The molecule has 2 aliphatic rings. The van der Waals surface area contributed by atoms with E-state index < -0.39 is 0 Å². The van der Waals surface area contributed by atoms with Gasteiger partial charge in [-0.3, -0.25) is 0 Å². The van der Waals surface area contributed by atoms with Crippen molar-refractivity contribution in [2.24, 2.45) is 0 Å². The van der Waals surface area contributed by atoms with Gasteiger partial charge in [0.1, 0.15) is 0 Å². The molecule has 0 unspecified atom stereocenters. The maximum atomic E-state index is 2.31. The van der Waals surface area contributed by atoms with Crippen molar-refractivity contribution in [1.29, 1.82) is 0 Å². The highest BCUT2D eigenvalue weighted by atomic mass is 32.1. The largest absolute Gasteiger partial charge is 0.135 e. The number of fused-ring (bicyclic) bond motifs is 6. The fraction of sp³-hybridized carbons (Fsp3) is 0. The van der Waals surface area contributed by atoms with Crippen LogP contribution in [0.3, 0.4) is 0 Å². The summed E-state index contributed by atoms with van der Waals surface area (Å²) in [6.45, 7) is 0. The molecule has 0 spiro atoms. The van der Waals surface area contributed by atoms with E-state index in [1.807, 2.05) is 11.3 Å². The number of benzene rings is 8. The zero-order valence-electron chi connectivity index (χ0n) is 26.6. The molecule has 1 heterocycles. The Bertz CT molecular complexity index is 2540. The summed E-state index contributed by atoms with van der Waals surface area (Å²) in [5.41, 5.74) is 18.3. The average Bonchev–Trinajstić information content (AvgIpc) is 3.88. The van der Waals surface area contributed by atoms with Gasteiger partial charge < -0.3 is 0 Å². The Morgan fingerprint density at radius 3 is 0.959 bits per heavy atom. The summed E-state index contributed by atoms with van der Waals surface area (Å²) in [6, 6.07) is 63.0. The van der Waals surface area contributed by atoms with E-state index in [9.17, 15) is 0 Å². The first-order chi connectivity index (χ1) is 24.3. The van der Waals surface area contributed by atoms with E-state index in [0.29, 0.717) is 0 Å². The van der Waals surface area contributed by atoms with Gasteiger partial charge in [-0.05, 0) is 112 Å². The second kappa shape index (κ2) is 10.2. The monoisotopic (exact) mass is 636 g/mol. The van der Waals surface area contributed by atoms with Crippen molar-refractivity contribution in [2.75, 3.05) is 0 Å². The van der Waals surface area contributed by atoms with E-state index in [1.165, 1.54) is 109 Å². The van der Waals surface area contributed by atoms with Gasteiger partial charge in [0.15, 0.2) is 0 Å². The molecule has 1 heteroatoms. The van der Waals surface area contributed by atoms with Gasteiger partial charge >= 0.3 is 0 Å². The van der Waals surface area contributed by atoms with Crippen molar-refractivity contribution < 1.29 is 0 Å². The molecular formula is C48H28S. The molecule has 0 nitrogen and oxygen atoms in total. The minimum atomic E-state index is 1.25. The van der Waals surface area contributed by atoms with Gasteiger partial charge in [0.05, 0.1) is 0 Å². The Labute approximate surface area is 289 Å². The normalized spacial score (nSPS) is 12.1. The van der Waals surface area contributed by atoms with Crippen molar-refractivity contribution in [1.82, 2.24) is 0 Å². The lowest BCUT2D eigenvalue weighted by Crippen LogP contribution is -1.84. The average molecular weight is 637 g/mol. The van der Waals surface area contributed by atoms with Crippen molar-refractivity contribution in [3.05, 3.63) is 170 Å². The van der Waals surface area contributed by atoms with Gasteiger partial charge in [-0.1, -0.05) is 158 Å². The van der Waals surface area contributed by atoms with E-state index in [2.05, 4.69) is 170 Å². The molecule has 0 amide bonds. The molecule has 0 aliphatic heterocycles. The molecule has 0 N–H and O–H groups in total. The van der Waals surface area contributed by atoms with Crippen LogP contribution in [0.1, 0.15) is 0 Å². The van der Waals surface area contributed by atoms with Crippen LogP contribution in [0.25, 0.3) is 109 Å². The Balaban J connectivity index is 0.892. The summed E-state index contributed by atoms with van der Waals surface area (Å²) < 4.78 is 0. The minimum absolute atomic E-state index is 1.25. The topological polar surface area (TPSA) is 0 Å². The summed E-state index contributed by atoms with van der Waals surface area (Å²) in [5.74, 6) is 0. The van der Waals surface area contributed by atoms with Gasteiger partial charge in [-0.2, -0.15) is 0 Å². The van der Waals surface area contributed by atoms with E-state index in [4.69, 9.17) is 0 Å². The summed E-state index contributed by atoms with van der Waals surface area (Å²) in [7, 11) is 0. The number of hydrogen-bond acceptors (Lipinski definition) is 1. The van der Waals surface area contributed by atoms with Crippen molar-refractivity contribution in [2.45, 2.75) is 0 Å². The fourth-order valence-electron chi connectivity index (χ4n) is 8.40. The smallest absolute Gasteiger partial charge is 0.0349 e. The summed E-state index contributed by atoms with van der Waals surface area (Å²) in [4.78, 5) is 2.57. The highest BCUT2D eigenvalue weighted by Crippen LogP contribution is 2.51. The lowest BCUT2D eigenvalue weighted by atomic mass is 9.94. The van der Waals surface area contributed by atoms with Crippen LogP contribution in [0.5, 0.6) is 0 Å². The van der Waals surface area contributed by atoms with E-state index in [-0.39, 0.29) is 0 Å². The van der Waals surface area contributed by atoms with E-state index in [1.54, 1.807) is 0 Å². The molecule has 0 radical (unpaired) electrons. The molecule has 11 rings (SSSR count). The molecule has 0 saturated heterocycles. The second-order valence-corrected chi connectivity index (χ2v) is 14.3. The highest BCUT2D eigenvalue weighted by molar-refractivity contribution is 7.18. The Kier molecular flexibility index (Phi) is 5.64. The maximum absolute atomic E-state index is 2.31. The Morgan fingerprint density at radius 1 is 0.224 bits per heavy atom. The molecule has 2 aliphatic carbocycles. The third kappa shape index (κ3) is 3.91. The molecule has 8 aromatic carbocycles. The van der Waals surface area contributed by atoms with Crippen LogP contribution in [-0.2, 0) is 0 Å². The van der Waals surface area contributed by atoms with Crippen LogP contribution in [0.4, 0.5) is 0 Å². The quantitative estimate of drug-likeness (QED) is 0.180. The van der Waals surface area contributed by atoms with E-state index in [0.717, 1.165) is 0 Å². The van der Waals surface area contributed by atoms with Crippen LogP contribution in [0, 0.1) is 0 Å². The van der Waals surface area contributed by atoms with Gasteiger partial charge in [-0.15, -0.1) is 11.3 Å². The summed E-state index contributed by atoms with van der Waals surface area (Å²) in [5, 5.41) is 5.39. The second-order valence-electron chi connectivity index (χ2n) is 13.2. The predicted molar refractivity (Wildman–Crippen MR) is 210 cm³/mol. The van der Waals surface area contributed by atoms with Crippen LogP contribution >= 0.6 is 11.3 Å². The zero-order chi connectivity index (χ0) is 32.1. The summed E-state index contributed by atoms with van der Waals surface area (Å²) >= 11 is 1.86. The van der Waals surface area contributed by atoms with Crippen LogP contribution in [0.15, 0.2) is 170 Å². The van der Waals surface area contributed by atoms with Crippen LogP contribution in [-0.4, -0.2) is 0 Å². The molecule has 1 aromatic heterocycles. The number of hydrogen-bond donors (Lipinski definition) is 0. The molecular weight excluding hydrogens is 609 g/mol. The van der Waals surface area contributed by atoms with Crippen molar-refractivity contribution in [3.63, 3.8) is 0 Å². The van der Waals surface area contributed by atoms with Crippen molar-refractivity contribution in [3.8, 4) is 87.6 Å². The van der Waals surface area contributed by atoms with Gasteiger partial charge in [0, 0.05) is 9.75 Å². The predicted octanol–water partition coefficient (Wildman–Crippen LogP) is 14.0. The van der Waals surface area contributed by atoms with Crippen molar-refractivity contribution >= 4 is 32.9 Å². The van der Waals surface area contributed by atoms with Crippen LogP contribution < -0.4 is 0 Å². The lowest BCUT2D eigenvalue weighted by Gasteiger charge is -2.10. The molecule has 0 atom stereocenters. The molecule has 49 heavy (non-hydrogen) atoms. The van der Waals surface area contributed by atoms with Gasteiger partial charge in [0.25, 0.3) is 0 Å². The molecule has 0 bridgehead atoms. The third-order valence-corrected chi connectivity index (χ3v) is 11.8. The fourth-order valence-corrected chi connectivity index (χ4v) is 9.41. The zero-order valence-corrected chi connectivity index (χ0v) is 27.4. The first-order valence-electron chi connectivity index (χ1n) is 16.9. The first kappa shape index (κ1) is 27.0. The standard InChI is InChI=1S/C48H28S/c1-3-9-37-35(7-1)41-13-5-11-39-33(23-25-43(37)47(39)41)29-15-19-31(20-16-29)45-27-28-46(49-45)32-21-17-30(18-22-32)34-24-26-44-38-10-4-2-8-36(38)42-14-6-12-40(34)48(42)44/h1-28H. The molecule has 0 fully saturated rings. The summed E-state index contributed by atoms with van der Waals surface area (Å²) in [6.07, 6.45) is 0. The highest BCUT2D eigenvalue weighted by Gasteiger charge is 2.23. The van der Waals surface area contributed by atoms with Crippen LogP contribution in [0.2, 0.25) is 0 Å². The molecule has 0 saturated carbocycles. The Hall–Kier alpha value is -6.02. The minimum Gasteiger partial charge on any atom is -0.135 e. The van der Waals surface area contributed by atoms with E-state index >= 15 is 0 Å². The Morgan fingerprint density at radius 2 is 0.551 bits per heavy atom. The third-order valence-electron chi connectivity index (χ3n) is 10.7.